The molecule has 2 atom stereocenters. The van der Waals surface area contributed by atoms with E-state index in [0.717, 1.165) is 12.0 Å². The van der Waals surface area contributed by atoms with E-state index in [9.17, 15) is 4.79 Å². The minimum atomic E-state index is -0.196. The molecule has 1 fully saturated rings. The first-order chi connectivity index (χ1) is 9.83. The zero-order valence-corrected chi connectivity index (χ0v) is 11.7. The summed E-state index contributed by atoms with van der Waals surface area (Å²) in [4.78, 5) is 17.4. The van der Waals surface area contributed by atoms with E-state index in [1.165, 1.54) is 4.88 Å². The summed E-state index contributed by atoms with van der Waals surface area (Å²) < 4.78 is 0. The first-order valence-electron chi connectivity index (χ1n) is 6.54. The molecular formula is C14H16N4OS. The van der Waals surface area contributed by atoms with Gasteiger partial charge in [-0.25, -0.2) is 10.9 Å². The van der Waals surface area contributed by atoms with Crippen LogP contribution in [0.4, 0.5) is 0 Å². The molecule has 1 saturated heterocycles. The van der Waals surface area contributed by atoms with Crippen molar-refractivity contribution in [1.82, 2.24) is 21.2 Å². The maximum Gasteiger partial charge on any atom is 0.238 e. The molecule has 0 saturated carbocycles. The quantitative estimate of drug-likeness (QED) is 0.795. The Kier molecular flexibility index (Phi) is 4.05. The van der Waals surface area contributed by atoms with Gasteiger partial charge in [0.15, 0.2) is 0 Å². The molecule has 6 heteroatoms. The molecule has 3 rings (SSSR count). The normalized spacial score (nSPS) is 21.8. The summed E-state index contributed by atoms with van der Waals surface area (Å²) in [5.41, 5.74) is 7.24. The Morgan fingerprint density at radius 3 is 3.10 bits per heavy atom. The van der Waals surface area contributed by atoms with E-state index in [1.54, 1.807) is 23.7 Å². The monoisotopic (exact) mass is 288 g/mol. The highest BCUT2D eigenvalue weighted by atomic mass is 32.1. The van der Waals surface area contributed by atoms with Crippen LogP contribution in [0, 0.1) is 0 Å². The fourth-order valence-corrected chi connectivity index (χ4v) is 3.01. The highest BCUT2D eigenvalue weighted by Crippen LogP contribution is 2.25. The summed E-state index contributed by atoms with van der Waals surface area (Å²) >= 11 is 1.70. The Morgan fingerprint density at radius 2 is 2.35 bits per heavy atom. The van der Waals surface area contributed by atoms with Crippen LogP contribution >= 0.6 is 11.3 Å². The molecule has 1 aliphatic heterocycles. The van der Waals surface area contributed by atoms with Crippen molar-refractivity contribution in [1.29, 1.82) is 0 Å². The van der Waals surface area contributed by atoms with Gasteiger partial charge in [0, 0.05) is 23.8 Å². The second kappa shape index (κ2) is 6.13. The number of rotatable bonds is 4. The third-order valence-electron chi connectivity index (χ3n) is 3.30. The van der Waals surface area contributed by atoms with Gasteiger partial charge in [-0.2, -0.15) is 0 Å². The van der Waals surface area contributed by atoms with Crippen molar-refractivity contribution in [3.8, 4) is 0 Å². The molecule has 3 N–H and O–H groups in total. The van der Waals surface area contributed by atoms with Crippen LogP contribution in [-0.4, -0.2) is 16.9 Å². The van der Waals surface area contributed by atoms with Gasteiger partial charge in [0.25, 0.3) is 0 Å². The van der Waals surface area contributed by atoms with Gasteiger partial charge in [0.1, 0.15) is 6.04 Å². The molecule has 2 aromatic heterocycles. The van der Waals surface area contributed by atoms with E-state index in [2.05, 4.69) is 27.2 Å². The molecule has 0 bridgehead atoms. The molecule has 0 aromatic carbocycles. The second-order valence-electron chi connectivity index (χ2n) is 4.72. The third kappa shape index (κ3) is 3.04. The van der Waals surface area contributed by atoms with Crippen LogP contribution in [-0.2, 0) is 11.3 Å². The second-order valence-corrected chi connectivity index (χ2v) is 5.70. The Labute approximate surface area is 121 Å². The largest absolute Gasteiger partial charge is 0.351 e. The van der Waals surface area contributed by atoms with Gasteiger partial charge in [-0.1, -0.05) is 12.1 Å². The van der Waals surface area contributed by atoms with Crippen LogP contribution in [0.5, 0.6) is 0 Å². The number of pyridine rings is 1. The topological polar surface area (TPSA) is 66.0 Å². The molecule has 2 aromatic rings. The molecule has 0 aliphatic carbocycles. The van der Waals surface area contributed by atoms with E-state index >= 15 is 0 Å². The first-order valence-corrected chi connectivity index (χ1v) is 7.42. The number of aromatic nitrogens is 1. The number of carbonyl (C=O) groups excluding carboxylic acids is 1. The van der Waals surface area contributed by atoms with Gasteiger partial charge in [-0.3, -0.25) is 9.78 Å². The fraction of sp³-hybridized carbons (Fsp3) is 0.286. The predicted octanol–water partition coefficient (Wildman–Crippen LogP) is 1.37. The third-order valence-corrected chi connectivity index (χ3v) is 4.28. The highest BCUT2D eigenvalue weighted by molar-refractivity contribution is 7.10. The summed E-state index contributed by atoms with van der Waals surface area (Å²) in [6, 6.07) is 7.94. The van der Waals surface area contributed by atoms with Crippen LogP contribution in [0.25, 0.3) is 0 Å². The highest BCUT2D eigenvalue weighted by Gasteiger charge is 2.30. The summed E-state index contributed by atoms with van der Waals surface area (Å²) in [5.74, 6) is 0.0143. The predicted molar refractivity (Wildman–Crippen MR) is 77.8 cm³/mol. The number of thiophene rings is 1. The van der Waals surface area contributed by atoms with Crippen LogP contribution < -0.4 is 16.2 Å². The summed E-state index contributed by atoms with van der Waals surface area (Å²) in [6.45, 7) is 0.508. The fourth-order valence-electron chi connectivity index (χ4n) is 2.22. The molecule has 1 amide bonds. The number of hydrazine groups is 1. The van der Waals surface area contributed by atoms with Crippen molar-refractivity contribution < 1.29 is 4.79 Å². The molecular weight excluding hydrogens is 272 g/mol. The number of carbonyl (C=O) groups is 1. The van der Waals surface area contributed by atoms with Gasteiger partial charge in [0.2, 0.25) is 5.91 Å². The maximum atomic E-state index is 12.1. The summed E-state index contributed by atoms with van der Waals surface area (Å²) in [7, 11) is 0. The van der Waals surface area contributed by atoms with Gasteiger partial charge >= 0.3 is 0 Å². The lowest BCUT2D eigenvalue weighted by molar-refractivity contribution is -0.123. The van der Waals surface area contributed by atoms with E-state index < -0.39 is 0 Å². The Hall–Kier alpha value is -1.76. The molecule has 0 spiro atoms. The van der Waals surface area contributed by atoms with E-state index in [0.29, 0.717) is 6.54 Å². The zero-order valence-electron chi connectivity index (χ0n) is 10.9. The van der Waals surface area contributed by atoms with Crippen molar-refractivity contribution in [2.24, 2.45) is 0 Å². The van der Waals surface area contributed by atoms with Crippen molar-refractivity contribution >= 4 is 17.2 Å². The lowest BCUT2D eigenvalue weighted by atomic mass is 10.1. The minimum Gasteiger partial charge on any atom is -0.351 e. The average Bonchev–Trinajstić information content (AvgIpc) is 3.16. The maximum absolute atomic E-state index is 12.1. The lowest BCUT2D eigenvalue weighted by Gasteiger charge is -2.10. The number of hydrogen-bond acceptors (Lipinski definition) is 5. The summed E-state index contributed by atoms with van der Waals surface area (Å²) in [6.07, 6.45) is 4.24. The van der Waals surface area contributed by atoms with E-state index in [1.807, 2.05) is 23.6 Å². The average molecular weight is 288 g/mol. The number of nitrogens with one attached hydrogen (secondary N) is 3. The number of nitrogens with zero attached hydrogens (tertiary/aromatic N) is 1. The Morgan fingerprint density at radius 1 is 1.40 bits per heavy atom. The molecule has 20 heavy (non-hydrogen) atoms. The molecule has 0 radical (unpaired) electrons. The van der Waals surface area contributed by atoms with Crippen LogP contribution in [0.3, 0.4) is 0 Å². The zero-order chi connectivity index (χ0) is 13.8. The SMILES string of the molecule is O=C(NCc1cccnc1)C1CC(c2cccs2)NN1. The van der Waals surface area contributed by atoms with Gasteiger partial charge < -0.3 is 5.32 Å². The Bertz CT molecular complexity index is 558. The smallest absolute Gasteiger partial charge is 0.238 e. The van der Waals surface area contributed by atoms with Crippen LogP contribution in [0.15, 0.2) is 42.0 Å². The number of hydrogen-bond donors (Lipinski definition) is 3. The molecule has 1 aliphatic rings. The minimum absolute atomic E-state index is 0.0143. The number of amides is 1. The lowest BCUT2D eigenvalue weighted by Crippen LogP contribution is -2.42. The van der Waals surface area contributed by atoms with Crippen molar-refractivity contribution in [2.75, 3.05) is 0 Å². The molecule has 5 nitrogen and oxygen atoms in total. The summed E-state index contributed by atoms with van der Waals surface area (Å²) in [5, 5.41) is 4.98. The van der Waals surface area contributed by atoms with Crippen molar-refractivity contribution in [2.45, 2.75) is 25.0 Å². The first kappa shape index (κ1) is 13.2. The molecule has 3 heterocycles. The molecule has 2 unspecified atom stereocenters. The van der Waals surface area contributed by atoms with Crippen molar-refractivity contribution in [3.63, 3.8) is 0 Å². The Balaban J connectivity index is 1.51. The van der Waals surface area contributed by atoms with Gasteiger partial charge in [-0.15, -0.1) is 11.3 Å². The molecule has 104 valence electrons. The van der Waals surface area contributed by atoms with Gasteiger partial charge in [0.05, 0.1) is 6.04 Å². The van der Waals surface area contributed by atoms with Crippen molar-refractivity contribution in [3.05, 3.63) is 52.5 Å². The van der Waals surface area contributed by atoms with Crippen LogP contribution in [0.1, 0.15) is 22.9 Å². The standard InChI is InChI=1S/C14H16N4OS/c19-14(16-9-10-3-1-5-15-8-10)12-7-11(17-18-12)13-4-2-6-20-13/h1-6,8,11-12,17-18H,7,9H2,(H,16,19). The van der Waals surface area contributed by atoms with E-state index in [-0.39, 0.29) is 18.0 Å². The van der Waals surface area contributed by atoms with Crippen LogP contribution in [0.2, 0.25) is 0 Å². The van der Waals surface area contributed by atoms with Gasteiger partial charge in [-0.05, 0) is 29.5 Å². The van der Waals surface area contributed by atoms with E-state index in [4.69, 9.17) is 0 Å².